The van der Waals surface area contributed by atoms with Crippen LogP contribution in [0, 0.1) is 0 Å². The van der Waals surface area contributed by atoms with Crippen molar-refractivity contribution in [2.45, 2.75) is 24.8 Å². The number of hydrogen-bond donors (Lipinski definition) is 0. The number of rotatable bonds is 4. The van der Waals surface area contributed by atoms with Crippen LogP contribution in [0.2, 0.25) is 0 Å². The van der Waals surface area contributed by atoms with Crippen molar-refractivity contribution in [3.63, 3.8) is 0 Å². The molecule has 1 fully saturated rings. The largest absolute Gasteiger partial charge is 0.469 e. The first-order valence-electron chi connectivity index (χ1n) is 8.92. The van der Waals surface area contributed by atoms with E-state index in [2.05, 4.69) is 4.90 Å². The van der Waals surface area contributed by atoms with Gasteiger partial charge in [0.25, 0.3) is 0 Å². The Kier molecular flexibility index (Phi) is 4.11. The zero-order valence-corrected chi connectivity index (χ0v) is 14.8. The van der Waals surface area contributed by atoms with E-state index in [1.54, 1.807) is 0 Å². The summed E-state index contributed by atoms with van der Waals surface area (Å²) in [5.74, 6) is -0.308. The molecule has 2 aromatic carbocycles. The van der Waals surface area contributed by atoms with Gasteiger partial charge in [0.1, 0.15) is 5.54 Å². The molecular formula is C22H21NO3. The van der Waals surface area contributed by atoms with Gasteiger partial charge in [0.15, 0.2) is 5.78 Å². The summed E-state index contributed by atoms with van der Waals surface area (Å²) >= 11 is 0. The van der Waals surface area contributed by atoms with E-state index >= 15 is 0 Å². The van der Waals surface area contributed by atoms with Crippen molar-refractivity contribution in [1.29, 1.82) is 0 Å². The fourth-order valence-corrected chi connectivity index (χ4v) is 4.26. The highest BCUT2D eigenvalue weighted by Gasteiger charge is 2.56. The van der Waals surface area contributed by atoms with Crippen LogP contribution in [-0.2, 0) is 14.3 Å². The van der Waals surface area contributed by atoms with E-state index in [-0.39, 0.29) is 18.2 Å². The van der Waals surface area contributed by atoms with Gasteiger partial charge >= 0.3 is 5.97 Å². The third-order valence-electron chi connectivity index (χ3n) is 5.42. The monoisotopic (exact) mass is 347 g/mol. The molecule has 0 radical (unpaired) electrons. The third-order valence-corrected chi connectivity index (χ3v) is 5.42. The van der Waals surface area contributed by atoms with Crippen molar-refractivity contribution < 1.29 is 14.3 Å². The zero-order chi connectivity index (χ0) is 18.1. The molecule has 1 atom stereocenters. The summed E-state index contributed by atoms with van der Waals surface area (Å²) in [6, 6.07) is 19.7. The molecule has 0 aromatic heterocycles. The van der Waals surface area contributed by atoms with E-state index in [4.69, 9.17) is 4.74 Å². The summed E-state index contributed by atoms with van der Waals surface area (Å²) in [7, 11) is 1.38. The SMILES string of the molecule is COC(=O)CC12CCCN1C(c1ccccc1)=C(c1ccccc1)C2=O. The molecule has 2 heterocycles. The highest BCUT2D eigenvalue weighted by molar-refractivity contribution is 6.35. The van der Waals surface area contributed by atoms with E-state index in [9.17, 15) is 9.59 Å². The number of carbonyl (C=O) groups is 2. The number of carbonyl (C=O) groups excluding carboxylic acids is 2. The molecule has 0 spiro atoms. The van der Waals surface area contributed by atoms with E-state index in [1.807, 2.05) is 60.7 Å². The predicted octanol–water partition coefficient (Wildman–Crippen LogP) is 3.54. The van der Waals surface area contributed by atoms with Crippen LogP contribution in [0.1, 0.15) is 30.4 Å². The van der Waals surface area contributed by atoms with Gasteiger partial charge in [0.2, 0.25) is 0 Å². The summed E-state index contributed by atoms with van der Waals surface area (Å²) in [5, 5.41) is 0. The van der Waals surface area contributed by atoms with Crippen LogP contribution in [-0.4, -0.2) is 35.8 Å². The summed E-state index contributed by atoms with van der Waals surface area (Å²) in [4.78, 5) is 27.9. The Morgan fingerprint density at radius 2 is 1.65 bits per heavy atom. The smallest absolute Gasteiger partial charge is 0.308 e. The van der Waals surface area contributed by atoms with Crippen LogP contribution in [0.25, 0.3) is 11.3 Å². The number of Topliss-reactive ketones (excluding diaryl/α,β-unsaturated/α-hetero) is 1. The normalized spacial score (nSPS) is 21.9. The van der Waals surface area contributed by atoms with E-state index in [1.165, 1.54) is 7.11 Å². The van der Waals surface area contributed by atoms with Gasteiger partial charge in [0, 0.05) is 6.54 Å². The van der Waals surface area contributed by atoms with E-state index < -0.39 is 5.54 Å². The van der Waals surface area contributed by atoms with Crippen LogP contribution >= 0.6 is 0 Å². The molecule has 2 aliphatic heterocycles. The maximum absolute atomic E-state index is 13.6. The molecule has 0 saturated carbocycles. The Bertz CT molecular complexity index is 873. The molecule has 2 aliphatic rings. The Morgan fingerprint density at radius 3 is 2.27 bits per heavy atom. The number of benzene rings is 2. The van der Waals surface area contributed by atoms with Gasteiger partial charge in [-0.25, -0.2) is 0 Å². The molecule has 0 aliphatic carbocycles. The van der Waals surface area contributed by atoms with Crippen LogP contribution < -0.4 is 0 Å². The first-order valence-corrected chi connectivity index (χ1v) is 8.92. The van der Waals surface area contributed by atoms with Gasteiger partial charge in [-0.3, -0.25) is 9.59 Å². The number of ketones is 1. The summed E-state index contributed by atoms with van der Waals surface area (Å²) in [6.07, 6.45) is 1.66. The van der Waals surface area contributed by atoms with Crippen LogP contribution in [0.3, 0.4) is 0 Å². The summed E-state index contributed by atoms with van der Waals surface area (Å²) in [5.41, 5.74) is 2.73. The van der Waals surface area contributed by atoms with Gasteiger partial charge in [-0.15, -0.1) is 0 Å². The quantitative estimate of drug-likeness (QED) is 0.794. The minimum Gasteiger partial charge on any atom is -0.469 e. The van der Waals surface area contributed by atoms with E-state index in [0.29, 0.717) is 12.0 Å². The Morgan fingerprint density at radius 1 is 1.04 bits per heavy atom. The Balaban J connectivity index is 1.91. The van der Waals surface area contributed by atoms with Gasteiger partial charge in [0.05, 0.1) is 24.8 Å². The van der Waals surface area contributed by atoms with Crippen LogP contribution in [0.5, 0.6) is 0 Å². The lowest BCUT2D eigenvalue weighted by atomic mass is 9.84. The van der Waals surface area contributed by atoms with Crippen molar-refractivity contribution in [2.24, 2.45) is 0 Å². The third kappa shape index (κ3) is 2.45. The van der Waals surface area contributed by atoms with Crippen molar-refractivity contribution in [2.75, 3.05) is 13.7 Å². The fourth-order valence-electron chi connectivity index (χ4n) is 4.26. The topological polar surface area (TPSA) is 46.6 Å². The molecule has 26 heavy (non-hydrogen) atoms. The molecule has 4 nitrogen and oxygen atoms in total. The molecule has 0 amide bonds. The van der Waals surface area contributed by atoms with E-state index in [0.717, 1.165) is 29.8 Å². The second kappa shape index (κ2) is 6.45. The lowest BCUT2D eigenvalue weighted by Gasteiger charge is -2.33. The molecule has 1 unspecified atom stereocenters. The molecule has 0 bridgehead atoms. The highest BCUT2D eigenvalue weighted by Crippen LogP contribution is 2.50. The van der Waals surface area contributed by atoms with Crippen LogP contribution in [0.4, 0.5) is 0 Å². The Hall–Kier alpha value is -2.88. The molecule has 0 N–H and O–H groups in total. The van der Waals surface area contributed by atoms with Crippen molar-refractivity contribution >= 4 is 23.0 Å². The molecular weight excluding hydrogens is 326 g/mol. The second-order valence-electron chi connectivity index (χ2n) is 6.82. The molecule has 1 saturated heterocycles. The average Bonchev–Trinajstić information content (AvgIpc) is 3.19. The van der Waals surface area contributed by atoms with Gasteiger partial charge in [-0.05, 0) is 24.0 Å². The average molecular weight is 347 g/mol. The first-order chi connectivity index (χ1) is 12.7. The van der Waals surface area contributed by atoms with Crippen molar-refractivity contribution in [1.82, 2.24) is 4.90 Å². The molecule has 2 aromatic rings. The standard InChI is InChI=1S/C22H21NO3/c1-26-18(24)15-22-13-8-14-23(22)20(17-11-6-3-7-12-17)19(21(22)25)16-9-4-2-5-10-16/h2-7,9-12H,8,13-15H2,1H3. The highest BCUT2D eigenvalue weighted by atomic mass is 16.5. The Labute approximate surface area is 153 Å². The predicted molar refractivity (Wildman–Crippen MR) is 100 cm³/mol. The number of nitrogens with zero attached hydrogens (tertiary/aromatic N) is 1. The summed E-state index contributed by atoms with van der Waals surface area (Å²) in [6.45, 7) is 0.767. The van der Waals surface area contributed by atoms with Crippen molar-refractivity contribution in [3.8, 4) is 0 Å². The maximum Gasteiger partial charge on any atom is 0.308 e. The first kappa shape index (κ1) is 16.6. The second-order valence-corrected chi connectivity index (χ2v) is 6.82. The van der Waals surface area contributed by atoms with Crippen LogP contribution in [0.15, 0.2) is 60.7 Å². The number of hydrogen-bond acceptors (Lipinski definition) is 4. The maximum atomic E-state index is 13.6. The number of methoxy groups -OCH3 is 1. The van der Waals surface area contributed by atoms with Gasteiger partial charge in [-0.1, -0.05) is 60.7 Å². The van der Waals surface area contributed by atoms with Gasteiger partial charge in [-0.2, -0.15) is 0 Å². The minimum atomic E-state index is -0.816. The summed E-state index contributed by atoms with van der Waals surface area (Å²) < 4.78 is 4.91. The number of ether oxygens (including phenoxy) is 1. The lowest BCUT2D eigenvalue weighted by molar-refractivity contribution is -0.145. The lowest BCUT2D eigenvalue weighted by Crippen LogP contribution is -2.46. The number of esters is 1. The van der Waals surface area contributed by atoms with Gasteiger partial charge < -0.3 is 9.64 Å². The van der Waals surface area contributed by atoms with Crippen molar-refractivity contribution in [3.05, 3.63) is 71.8 Å². The number of fused-ring (bicyclic) bond motifs is 1. The molecule has 132 valence electrons. The molecule has 4 rings (SSSR count). The fraction of sp³-hybridized carbons (Fsp3) is 0.273. The molecule has 4 heteroatoms. The minimum absolute atomic E-state index is 0.0328. The zero-order valence-electron chi connectivity index (χ0n) is 14.8.